The number of amides is 1. The van der Waals surface area contributed by atoms with E-state index in [4.69, 9.17) is 0 Å². The summed E-state index contributed by atoms with van der Waals surface area (Å²) in [6.07, 6.45) is 7.20. The third-order valence-corrected chi connectivity index (χ3v) is 5.87. The Hall–Kier alpha value is -1.93. The highest BCUT2D eigenvalue weighted by molar-refractivity contribution is 7.99. The summed E-state index contributed by atoms with van der Waals surface area (Å²) >= 11 is 3.26. The summed E-state index contributed by atoms with van der Waals surface area (Å²) in [5.74, 6) is 0.969. The molecule has 1 aliphatic heterocycles. The summed E-state index contributed by atoms with van der Waals surface area (Å²) in [5.41, 5.74) is 2.96. The van der Waals surface area contributed by atoms with Gasteiger partial charge in [0.05, 0.1) is 17.9 Å². The van der Waals surface area contributed by atoms with Crippen LogP contribution in [0.3, 0.4) is 0 Å². The Balaban J connectivity index is 1.74. The number of hydrogen-bond donors (Lipinski definition) is 1. The summed E-state index contributed by atoms with van der Waals surface area (Å²) < 4.78 is 2.09. The highest BCUT2D eigenvalue weighted by atomic mass is 32.2. The van der Waals surface area contributed by atoms with Gasteiger partial charge in [-0.15, -0.1) is 11.3 Å². The molecule has 0 aromatic carbocycles. The molecule has 0 bridgehead atoms. The number of nitrogens with zero attached hydrogens (tertiary/aromatic N) is 4. The van der Waals surface area contributed by atoms with Crippen LogP contribution < -0.4 is 5.32 Å². The van der Waals surface area contributed by atoms with Crippen molar-refractivity contribution in [2.75, 3.05) is 5.75 Å². The Morgan fingerprint density at radius 1 is 1.42 bits per heavy atom. The molecule has 3 aromatic heterocycles. The summed E-state index contributed by atoms with van der Waals surface area (Å²) in [6.45, 7) is 2.61. The number of carbonyl (C=O) groups excluding carboxylic acids is 1. The minimum absolute atomic E-state index is 0.0337. The lowest BCUT2D eigenvalue weighted by Gasteiger charge is -2.14. The van der Waals surface area contributed by atoms with Crippen molar-refractivity contribution >= 4 is 34.0 Å². The average Bonchev–Trinajstić information content (AvgIpc) is 3.13. The average molecular weight is 359 g/mol. The third kappa shape index (κ3) is 2.80. The smallest absolute Gasteiger partial charge is 0.221 e. The Morgan fingerprint density at radius 2 is 2.25 bits per heavy atom. The zero-order valence-electron chi connectivity index (χ0n) is 13.2. The van der Waals surface area contributed by atoms with E-state index in [2.05, 4.69) is 31.6 Å². The van der Waals surface area contributed by atoms with E-state index in [9.17, 15) is 4.79 Å². The molecule has 8 heteroatoms. The predicted molar refractivity (Wildman–Crippen MR) is 94.4 cm³/mol. The standard InChI is InChI=1S/C16H17N5OS2/c1-2-4-23-15-18-7-10(8-19-15)11-6-13(22)17-9-12-14(11)21-3-5-24-16(21)20-12/h3,5,7-8,11H,2,4,6,9H2,1H3,(H,17,22). The van der Waals surface area contributed by atoms with E-state index in [1.165, 1.54) is 0 Å². The number of nitrogens with one attached hydrogen (secondary N) is 1. The first kappa shape index (κ1) is 15.6. The number of rotatable bonds is 4. The summed E-state index contributed by atoms with van der Waals surface area (Å²) in [6, 6.07) is 0. The topological polar surface area (TPSA) is 72.2 Å². The fourth-order valence-corrected chi connectivity index (χ4v) is 4.31. The van der Waals surface area contributed by atoms with Crippen molar-refractivity contribution in [2.45, 2.75) is 37.4 Å². The molecule has 124 valence electrons. The van der Waals surface area contributed by atoms with Gasteiger partial charge in [0.25, 0.3) is 0 Å². The van der Waals surface area contributed by atoms with Crippen LogP contribution in [0.2, 0.25) is 0 Å². The van der Waals surface area contributed by atoms with Gasteiger partial charge >= 0.3 is 0 Å². The van der Waals surface area contributed by atoms with Crippen LogP contribution in [0.15, 0.2) is 29.1 Å². The van der Waals surface area contributed by atoms with Gasteiger partial charge in [-0.1, -0.05) is 18.7 Å². The van der Waals surface area contributed by atoms with Gasteiger partial charge < -0.3 is 5.32 Å². The summed E-state index contributed by atoms with van der Waals surface area (Å²) in [5, 5.41) is 5.74. The first-order valence-electron chi connectivity index (χ1n) is 7.92. The van der Waals surface area contributed by atoms with Gasteiger partial charge in [-0.2, -0.15) is 0 Å². The second kappa shape index (κ2) is 6.52. The van der Waals surface area contributed by atoms with Crippen molar-refractivity contribution in [1.29, 1.82) is 0 Å². The molecule has 0 fully saturated rings. The minimum atomic E-state index is -0.0719. The number of imidazole rings is 1. The Bertz CT molecular complexity index is 870. The fraction of sp³-hybridized carbons (Fsp3) is 0.375. The van der Waals surface area contributed by atoms with E-state index in [-0.39, 0.29) is 11.8 Å². The van der Waals surface area contributed by atoms with Gasteiger partial charge in [-0.3, -0.25) is 9.20 Å². The molecular formula is C16H17N5OS2. The minimum Gasteiger partial charge on any atom is -0.350 e. The molecule has 3 aromatic rings. The van der Waals surface area contributed by atoms with Crippen LogP contribution in [0, 0.1) is 0 Å². The molecule has 1 aliphatic rings. The second-order valence-electron chi connectivity index (χ2n) is 5.68. The monoisotopic (exact) mass is 359 g/mol. The number of fused-ring (bicyclic) bond motifs is 3. The Labute approximate surface area is 147 Å². The second-order valence-corrected chi connectivity index (χ2v) is 7.62. The number of carbonyl (C=O) groups is 1. The van der Waals surface area contributed by atoms with E-state index in [1.54, 1.807) is 23.1 Å². The van der Waals surface area contributed by atoms with Crippen LogP contribution in [0.1, 0.15) is 42.6 Å². The van der Waals surface area contributed by atoms with Crippen molar-refractivity contribution in [1.82, 2.24) is 24.7 Å². The van der Waals surface area contributed by atoms with E-state index < -0.39 is 0 Å². The van der Waals surface area contributed by atoms with Gasteiger partial charge in [-0.05, 0) is 12.0 Å². The van der Waals surface area contributed by atoms with Crippen molar-refractivity contribution < 1.29 is 4.79 Å². The van der Waals surface area contributed by atoms with Crippen LogP contribution in [0.5, 0.6) is 0 Å². The zero-order valence-corrected chi connectivity index (χ0v) is 14.9. The number of thioether (sulfide) groups is 1. The van der Waals surface area contributed by atoms with Gasteiger partial charge in [0.1, 0.15) is 0 Å². The van der Waals surface area contributed by atoms with Crippen LogP contribution in [-0.2, 0) is 11.3 Å². The maximum atomic E-state index is 12.1. The van der Waals surface area contributed by atoms with E-state index >= 15 is 0 Å². The van der Waals surface area contributed by atoms with E-state index in [0.29, 0.717) is 13.0 Å². The zero-order chi connectivity index (χ0) is 16.5. The van der Waals surface area contributed by atoms with Gasteiger partial charge in [0, 0.05) is 42.1 Å². The summed E-state index contributed by atoms with van der Waals surface area (Å²) in [7, 11) is 0. The highest BCUT2D eigenvalue weighted by Gasteiger charge is 2.29. The first-order chi connectivity index (χ1) is 11.8. The molecule has 0 radical (unpaired) electrons. The number of aromatic nitrogens is 4. The predicted octanol–water partition coefficient (Wildman–Crippen LogP) is 2.84. The molecule has 6 nitrogen and oxygen atoms in total. The molecular weight excluding hydrogens is 342 g/mol. The molecule has 4 heterocycles. The van der Waals surface area contributed by atoms with Gasteiger partial charge in [0.15, 0.2) is 10.1 Å². The maximum absolute atomic E-state index is 12.1. The lowest BCUT2D eigenvalue weighted by Crippen LogP contribution is -2.21. The molecule has 4 rings (SSSR count). The third-order valence-electron chi connectivity index (χ3n) is 4.03. The van der Waals surface area contributed by atoms with Crippen LogP contribution in [-0.4, -0.2) is 31.0 Å². The lowest BCUT2D eigenvalue weighted by molar-refractivity contribution is -0.121. The Kier molecular flexibility index (Phi) is 4.24. The lowest BCUT2D eigenvalue weighted by atomic mass is 9.94. The molecule has 1 unspecified atom stereocenters. The normalized spacial score (nSPS) is 17.5. The van der Waals surface area contributed by atoms with Crippen molar-refractivity contribution in [3.8, 4) is 0 Å². The molecule has 1 amide bonds. The quantitative estimate of drug-likeness (QED) is 0.573. The van der Waals surface area contributed by atoms with E-state index in [0.717, 1.165) is 39.2 Å². The molecule has 0 aliphatic carbocycles. The largest absolute Gasteiger partial charge is 0.350 e. The van der Waals surface area contributed by atoms with Gasteiger partial charge in [0.2, 0.25) is 5.91 Å². The number of thiazole rings is 1. The van der Waals surface area contributed by atoms with Crippen LogP contribution in [0.25, 0.3) is 4.96 Å². The van der Waals surface area contributed by atoms with Gasteiger partial charge in [-0.25, -0.2) is 15.0 Å². The molecule has 0 saturated heterocycles. The molecule has 0 spiro atoms. The van der Waals surface area contributed by atoms with Crippen LogP contribution >= 0.6 is 23.1 Å². The van der Waals surface area contributed by atoms with Crippen molar-refractivity contribution in [2.24, 2.45) is 0 Å². The molecule has 1 atom stereocenters. The van der Waals surface area contributed by atoms with Crippen molar-refractivity contribution in [3.63, 3.8) is 0 Å². The first-order valence-corrected chi connectivity index (χ1v) is 9.78. The number of hydrogen-bond acceptors (Lipinski definition) is 6. The Morgan fingerprint density at radius 3 is 3.04 bits per heavy atom. The molecule has 24 heavy (non-hydrogen) atoms. The van der Waals surface area contributed by atoms with Crippen molar-refractivity contribution in [3.05, 3.63) is 40.9 Å². The molecule has 1 N–H and O–H groups in total. The van der Waals surface area contributed by atoms with E-state index in [1.807, 2.05) is 24.0 Å². The fourth-order valence-electron chi connectivity index (χ4n) is 2.93. The SMILES string of the molecule is CCCSc1ncc(C2CC(=O)NCc3nc4sccn4c32)cn1. The maximum Gasteiger partial charge on any atom is 0.221 e. The highest BCUT2D eigenvalue weighted by Crippen LogP contribution is 2.34. The van der Waals surface area contributed by atoms with Crippen LogP contribution in [0.4, 0.5) is 0 Å². The summed E-state index contributed by atoms with van der Waals surface area (Å²) in [4.78, 5) is 26.7. The molecule has 0 saturated carbocycles.